The summed E-state index contributed by atoms with van der Waals surface area (Å²) >= 11 is 5.56. The molecule has 0 aromatic heterocycles. The molecule has 17 heavy (non-hydrogen) atoms. The lowest BCUT2D eigenvalue weighted by atomic mass is 10.2. The first-order chi connectivity index (χ1) is 8.19. The van der Waals surface area contributed by atoms with E-state index in [4.69, 9.17) is 16.9 Å². The highest BCUT2D eigenvalue weighted by Crippen LogP contribution is 2.15. The van der Waals surface area contributed by atoms with Gasteiger partial charge in [0.05, 0.1) is 11.6 Å². The second kappa shape index (κ2) is 6.93. The molecule has 1 rings (SSSR count). The molecule has 0 aliphatic heterocycles. The van der Waals surface area contributed by atoms with Crippen molar-refractivity contribution in [1.82, 2.24) is 0 Å². The average molecular weight is 251 g/mol. The Labute approximate surface area is 107 Å². The lowest BCUT2D eigenvalue weighted by Gasteiger charge is -2.17. The van der Waals surface area contributed by atoms with Crippen molar-refractivity contribution in [3.63, 3.8) is 0 Å². The van der Waals surface area contributed by atoms with E-state index in [0.717, 1.165) is 18.5 Å². The number of carbonyl (C=O) groups is 1. The molecule has 0 spiro atoms. The maximum Gasteiger partial charge on any atom is 0.226 e. The van der Waals surface area contributed by atoms with E-state index in [9.17, 15) is 4.79 Å². The summed E-state index contributed by atoms with van der Waals surface area (Å²) in [4.78, 5) is 13.4. The van der Waals surface area contributed by atoms with Crippen molar-refractivity contribution in [3.8, 4) is 6.07 Å². The van der Waals surface area contributed by atoms with Gasteiger partial charge in [0.2, 0.25) is 5.91 Å². The van der Waals surface area contributed by atoms with Gasteiger partial charge in [-0.1, -0.05) is 0 Å². The van der Waals surface area contributed by atoms with Crippen molar-refractivity contribution < 1.29 is 4.79 Å². The smallest absolute Gasteiger partial charge is 0.226 e. The molecule has 0 fully saturated rings. The molecule has 0 aliphatic carbocycles. The summed E-state index contributed by atoms with van der Waals surface area (Å²) in [6.07, 6.45) is 2.17. The molecule has 90 valence electrons. The van der Waals surface area contributed by atoms with E-state index in [-0.39, 0.29) is 5.91 Å². The Morgan fingerprint density at radius 1 is 1.35 bits per heavy atom. The zero-order valence-electron chi connectivity index (χ0n) is 9.82. The Hall–Kier alpha value is -1.53. The first-order valence-electron chi connectivity index (χ1n) is 5.51. The molecule has 1 amide bonds. The van der Waals surface area contributed by atoms with Crippen LogP contribution in [0.4, 0.5) is 5.69 Å². The van der Waals surface area contributed by atoms with Gasteiger partial charge in [-0.2, -0.15) is 5.26 Å². The van der Waals surface area contributed by atoms with Crippen LogP contribution in [0.15, 0.2) is 24.3 Å². The lowest BCUT2D eigenvalue weighted by Crippen LogP contribution is -2.25. The molecule has 0 N–H and O–H groups in total. The van der Waals surface area contributed by atoms with E-state index in [1.165, 1.54) is 0 Å². The van der Waals surface area contributed by atoms with Crippen LogP contribution in [0, 0.1) is 11.3 Å². The highest BCUT2D eigenvalue weighted by molar-refractivity contribution is 6.17. The number of carbonyl (C=O) groups excluding carboxylic acids is 1. The minimum Gasteiger partial charge on any atom is -0.316 e. The molecule has 0 heterocycles. The number of amides is 1. The fraction of sp³-hybridized carbons (Fsp3) is 0.385. The van der Waals surface area contributed by atoms with Crippen molar-refractivity contribution in [2.24, 2.45) is 0 Å². The number of hydrogen-bond donors (Lipinski definition) is 0. The molecule has 1 aromatic carbocycles. The van der Waals surface area contributed by atoms with Crippen LogP contribution in [-0.2, 0) is 4.79 Å². The molecule has 4 heteroatoms. The van der Waals surface area contributed by atoms with Gasteiger partial charge in [-0.25, -0.2) is 0 Å². The first-order valence-corrected chi connectivity index (χ1v) is 6.05. The predicted octanol–water partition coefficient (Wildman–Crippen LogP) is 2.93. The molecular weight excluding hydrogens is 236 g/mol. The Morgan fingerprint density at radius 3 is 2.53 bits per heavy atom. The summed E-state index contributed by atoms with van der Waals surface area (Å²) in [5, 5.41) is 8.68. The van der Waals surface area contributed by atoms with Gasteiger partial charge in [-0.05, 0) is 37.1 Å². The largest absolute Gasteiger partial charge is 0.316 e. The van der Waals surface area contributed by atoms with E-state index in [0.29, 0.717) is 17.9 Å². The van der Waals surface area contributed by atoms with Crippen molar-refractivity contribution in [3.05, 3.63) is 29.8 Å². The predicted molar refractivity (Wildman–Crippen MR) is 69.1 cm³/mol. The molecule has 0 bridgehead atoms. The number of nitriles is 1. The number of hydrogen-bond acceptors (Lipinski definition) is 2. The summed E-state index contributed by atoms with van der Waals surface area (Å²) in [5.41, 5.74) is 1.40. The fourth-order valence-corrected chi connectivity index (χ4v) is 1.63. The van der Waals surface area contributed by atoms with E-state index in [1.54, 1.807) is 36.2 Å². The van der Waals surface area contributed by atoms with Gasteiger partial charge >= 0.3 is 0 Å². The summed E-state index contributed by atoms with van der Waals surface area (Å²) < 4.78 is 0. The zero-order chi connectivity index (χ0) is 12.7. The molecule has 3 nitrogen and oxygen atoms in total. The summed E-state index contributed by atoms with van der Waals surface area (Å²) in [5.74, 6) is 0.660. The number of nitrogens with zero attached hydrogens (tertiary/aromatic N) is 2. The van der Waals surface area contributed by atoms with Gasteiger partial charge < -0.3 is 4.90 Å². The lowest BCUT2D eigenvalue weighted by molar-refractivity contribution is -0.118. The summed E-state index contributed by atoms with van der Waals surface area (Å²) in [6, 6.07) is 9.01. The minimum atomic E-state index is 0.0693. The molecule has 0 radical (unpaired) electrons. The standard InChI is InChI=1S/C13H15ClN2O/c1-16(13(17)4-2-3-9-14)12-7-5-11(10-15)6-8-12/h5-8H,2-4,9H2,1H3. The van der Waals surface area contributed by atoms with E-state index < -0.39 is 0 Å². The van der Waals surface area contributed by atoms with Gasteiger partial charge in [0.1, 0.15) is 0 Å². The Morgan fingerprint density at radius 2 is 2.00 bits per heavy atom. The van der Waals surface area contributed by atoms with E-state index >= 15 is 0 Å². The number of benzene rings is 1. The minimum absolute atomic E-state index is 0.0693. The summed E-state index contributed by atoms with van der Waals surface area (Å²) in [6.45, 7) is 0. The van der Waals surface area contributed by atoms with Crippen LogP contribution in [-0.4, -0.2) is 18.8 Å². The van der Waals surface area contributed by atoms with Crippen molar-refractivity contribution in [2.75, 3.05) is 17.8 Å². The summed E-state index contributed by atoms with van der Waals surface area (Å²) in [7, 11) is 1.74. The van der Waals surface area contributed by atoms with Crippen LogP contribution < -0.4 is 4.90 Å². The van der Waals surface area contributed by atoms with Gasteiger partial charge in [-0.3, -0.25) is 4.79 Å². The van der Waals surface area contributed by atoms with Crippen molar-refractivity contribution in [1.29, 1.82) is 5.26 Å². The third-order valence-electron chi connectivity index (χ3n) is 2.53. The SMILES string of the molecule is CN(C(=O)CCCCCl)c1ccc(C#N)cc1. The number of alkyl halides is 1. The van der Waals surface area contributed by atoms with Gasteiger partial charge in [0, 0.05) is 25.0 Å². The molecule has 0 unspecified atom stereocenters. The molecule has 0 atom stereocenters. The second-order valence-corrected chi connectivity index (χ2v) is 4.14. The van der Waals surface area contributed by atoms with Crippen LogP contribution in [0.3, 0.4) is 0 Å². The third-order valence-corrected chi connectivity index (χ3v) is 2.80. The number of halogens is 1. The zero-order valence-corrected chi connectivity index (χ0v) is 10.6. The van der Waals surface area contributed by atoms with Crippen LogP contribution in [0.25, 0.3) is 0 Å². The van der Waals surface area contributed by atoms with Gasteiger partial charge in [0.15, 0.2) is 0 Å². The number of anilines is 1. The van der Waals surface area contributed by atoms with Crippen molar-refractivity contribution in [2.45, 2.75) is 19.3 Å². The molecular formula is C13H15ClN2O. The maximum absolute atomic E-state index is 11.8. The third kappa shape index (κ3) is 4.08. The van der Waals surface area contributed by atoms with Crippen LogP contribution in [0.5, 0.6) is 0 Å². The van der Waals surface area contributed by atoms with Gasteiger partial charge in [-0.15, -0.1) is 11.6 Å². The Kier molecular flexibility index (Phi) is 5.51. The molecule has 0 saturated carbocycles. The number of unbranched alkanes of at least 4 members (excludes halogenated alkanes) is 1. The van der Waals surface area contributed by atoms with Gasteiger partial charge in [0.25, 0.3) is 0 Å². The highest BCUT2D eigenvalue weighted by Gasteiger charge is 2.09. The Balaban J connectivity index is 2.59. The van der Waals surface area contributed by atoms with Crippen LogP contribution in [0.2, 0.25) is 0 Å². The first kappa shape index (κ1) is 13.5. The van der Waals surface area contributed by atoms with E-state index in [2.05, 4.69) is 0 Å². The number of rotatable bonds is 5. The topological polar surface area (TPSA) is 44.1 Å². The molecule has 0 aliphatic rings. The second-order valence-electron chi connectivity index (χ2n) is 3.76. The van der Waals surface area contributed by atoms with Crippen molar-refractivity contribution >= 4 is 23.2 Å². The monoisotopic (exact) mass is 250 g/mol. The normalized spacial score (nSPS) is 9.71. The maximum atomic E-state index is 11.8. The van der Waals surface area contributed by atoms with Crippen LogP contribution in [0.1, 0.15) is 24.8 Å². The Bertz CT molecular complexity index is 408. The van der Waals surface area contributed by atoms with Crippen LogP contribution >= 0.6 is 11.6 Å². The fourth-order valence-electron chi connectivity index (χ4n) is 1.44. The molecule has 0 saturated heterocycles. The highest BCUT2D eigenvalue weighted by atomic mass is 35.5. The molecule has 1 aromatic rings. The quantitative estimate of drug-likeness (QED) is 0.596. The van der Waals surface area contributed by atoms with E-state index in [1.807, 2.05) is 6.07 Å². The average Bonchev–Trinajstić information content (AvgIpc) is 2.38.